The minimum atomic E-state index is -2.10. The van der Waals surface area contributed by atoms with Gasteiger partial charge in [-0.15, -0.1) is 0 Å². The molecule has 1 aromatic carbocycles. The third-order valence-electron chi connectivity index (χ3n) is 5.33. The smallest absolute Gasteiger partial charge is 0.307 e. The van der Waals surface area contributed by atoms with Gasteiger partial charge in [-0.25, -0.2) is 0 Å². The number of hydroxylamine groups is 2. The van der Waals surface area contributed by atoms with Crippen LogP contribution in [-0.2, 0) is 18.9 Å². The Bertz CT molecular complexity index is 599. The Morgan fingerprint density at radius 3 is 2.44 bits per heavy atom. The molecule has 2 atom stereocenters. The van der Waals surface area contributed by atoms with Crippen LogP contribution in [0.3, 0.4) is 0 Å². The standard InChI is InChI=1S/C19H31NO4Si/c1-18(2,3)25(6,7)24-20-19(4,14-17(21)22-5)13-16(23-20)15-11-9-8-10-12-15/h8-12,16H,13-14H2,1-7H3/t16-,19+/m1/s1. The van der Waals surface area contributed by atoms with Crippen molar-refractivity contribution in [3.8, 4) is 0 Å². The summed E-state index contributed by atoms with van der Waals surface area (Å²) in [5.74, 6) is -0.261. The molecule has 0 spiro atoms. The Hall–Kier alpha value is -1.21. The maximum absolute atomic E-state index is 12.0. The molecular weight excluding hydrogens is 334 g/mol. The van der Waals surface area contributed by atoms with Crippen molar-refractivity contribution in [3.05, 3.63) is 35.9 Å². The zero-order valence-electron chi connectivity index (χ0n) is 16.5. The summed E-state index contributed by atoms with van der Waals surface area (Å²) in [6, 6.07) is 10.1. The van der Waals surface area contributed by atoms with Gasteiger partial charge >= 0.3 is 5.97 Å². The first kappa shape index (κ1) is 20.1. The van der Waals surface area contributed by atoms with Crippen LogP contribution in [0.2, 0.25) is 18.1 Å². The summed E-state index contributed by atoms with van der Waals surface area (Å²) in [6.45, 7) is 12.9. The molecule has 6 heteroatoms. The maximum atomic E-state index is 12.0. The lowest BCUT2D eigenvalue weighted by Crippen LogP contribution is -2.52. The topological polar surface area (TPSA) is 48.0 Å². The average Bonchev–Trinajstić information content (AvgIpc) is 2.83. The normalized spacial score (nSPS) is 25.2. The second kappa shape index (κ2) is 7.19. The number of carbonyl (C=O) groups is 1. The Morgan fingerprint density at radius 2 is 1.92 bits per heavy atom. The van der Waals surface area contributed by atoms with Crippen molar-refractivity contribution in [2.75, 3.05) is 7.11 Å². The predicted molar refractivity (Wildman–Crippen MR) is 100 cm³/mol. The van der Waals surface area contributed by atoms with Crippen LogP contribution in [0.25, 0.3) is 0 Å². The van der Waals surface area contributed by atoms with E-state index in [9.17, 15) is 4.79 Å². The Labute approximate surface area is 152 Å². The number of nitrogens with zero attached hydrogens (tertiary/aromatic N) is 1. The van der Waals surface area contributed by atoms with Gasteiger partial charge in [0.25, 0.3) is 0 Å². The molecule has 0 bridgehead atoms. The second-order valence-corrected chi connectivity index (χ2v) is 13.3. The van der Waals surface area contributed by atoms with Crippen LogP contribution in [-0.4, -0.2) is 32.2 Å². The predicted octanol–water partition coefficient (Wildman–Crippen LogP) is 4.62. The van der Waals surface area contributed by atoms with E-state index in [0.717, 1.165) is 5.56 Å². The molecule has 25 heavy (non-hydrogen) atoms. The van der Waals surface area contributed by atoms with E-state index in [1.165, 1.54) is 7.11 Å². The number of esters is 1. The van der Waals surface area contributed by atoms with E-state index in [0.29, 0.717) is 6.42 Å². The van der Waals surface area contributed by atoms with Crippen molar-refractivity contribution in [2.24, 2.45) is 0 Å². The molecule has 0 amide bonds. The summed E-state index contributed by atoms with van der Waals surface area (Å²) < 4.78 is 11.3. The molecule has 1 fully saturated rings. The van der Waals surface area contributed by atoms with Gasteiger partial charge in [0.2, 0.25) is 8.32 Å². The van der Waals surface area contributed by atoms with Crippen LogP contribution in [0.15, 0.2) is 30.3 Å². The van der Waals surface area contributed by atoms with Crippen molar-refractivity contribution in [1.82, 2.24) is 5.23 Å². The number of hydrogen-bond donors (Lipinski definition) is 0. The SMILES string of the molecule is COC(=O)C[C@]1(C)C[C@H](c2ccccc2)ON1O[Si](C)(C)C(C)(C)C. The first-order valence-corrected chi connectivity index (χ1v) is 11.7. The zero-order chi connectivity index (χ0) is 18.9. The summed E-state index contributed by atoms with van der Waals surface area (Å²) in [6.07, 6.45) is 0.753. The minimum absolute atomic E-state index is 0.0351. The number of ether oxygens (including phenoxy) is 1. The van der Waals surface area contributed by atoms with Gasteiger partial charge in [0.1, 0.15) is 6.10 Å². The Balaban J connectivity index is 2.28. The van der Waals surface area contributed by atoms with Crippen LogP contribution in [0, 0.1) is 0 Å². The molecule has 0 saturated carbocycles. The van der Waals surface area contributed by atoms with Crippen molar-refractivity contribution < 1.29 is 18.9 Å². The molecule has 0 radical (unpaired) electrons. The van der Waals surface area contributed by atoms with E-state index in [1.54, 1.807) is 5.23 Å². The zero-order valence-corrected chi connectivity index (χ0v) is 17.5. The van der Waals surface area contributed by atoms with E-state index >= 15 is 0 Å². The van der Waals surface area contributed by atoms with Crippen LogP contribution < -0.4 is 0 Å². The van der Waals surface area contributed by atoms with Gasteiger partial charge in [-0.1, -0.05) is 56.3 Å². The lowest BCUT2D eigenvalue weighted by molar-refractivity contribution is -0.349. The van der Waals surface area contributed by atoms with E-state index in [2.05, 4.69) is 33.9 Å². The monoisotopic (exact) mass is 365 g/mol. The molecular formula is C19H31NO4Si. The lowest BCUT2D eigenvalue weighted by atomic mass is 9.90. The highest BCUT2D eigenvalue weighted by Crippen LogP contribution is 2.46. The second-order valence-electron chi connectivity index (χ2n) is 8.57. The summed E-state index contributed by atoms with van der Waals surface area (Å²) in [4.78, 5) is 18.2. The van der Waals surface area contributed by atoms with Crippen molar-refractivity contribution in [3.63, 3.8) is 0 Å². The minimum Gasteiger partial charge on any atom is -0.469 e. The molecule has 1 aromatic rings. The number of rotatable bonds is 5. The number of carbonyl (C=O) groups excluding carboxylic acids is 1. The van der Waals surface area contributed by atoms with Gasteiger partial charge in [-0.05, 0) is 30.6 Å². The first-order valence-electron chi connectivity index (χ1n) is 8.76. The van der Waals surface area contributed by atoms with E-state index in [-0.39, 0.29) is 23.5 Å². The summed E-state index contributed by atoms with van der Waals surface area (Å²) >= 11 is 0. The fourth-order valence-corrected chi connectivity index (χ4v) is 3.55. The summed E-state index contributed by atoms with van der Waals surface area (Å²) in [7, 11) is -0.690. The quantitative estimate of drug-likeness (QED) is 0.563. The fraction of sp³-hybridized carbons (Fsp3) is 0.632. The van der Waals surface area contributed by atoms with E-state index in [1.807, 2.05) is 37.3 Å². The van der Waals surface area contributed by atoms with Crippen molar-refractivity contribution in [2.45, 2.75) is 70.3 Å². The summed E-state index contributed by atoms with van der Waals surface area (Å²) in [5, 5.41) is 1.63. The largest absolute Gasteiger partial charge is 0.469 e. The molecule has 0 unspecified atom stereocenters. The molecule has 140 valence electrons. The molecule has 2 rings (SSSR count). The van der Waals surface area contributed by atoms with Gasteiger partial charge in [0, 0.05) is 6.42 Å². The average molecular weight is 366 g/mol. The van der Waals surface area contributed by atoms with Crippen LogP contribution in [0.4, 0.5) is 0 Å². The van der Waals surface area contributed by atoms with Crippen LogP contribution >= 0.6 is 0 Å². The molecule has 0 aromatic heterocycles. The molecule has 1 saturated heterocycles. The van der Waals surface area contributed by atoms with Gasteiger partial charge in [-0.2, -0.15) is 0 Å². The highest BCUT2D eigenvalue weighted by Gasteiger charge is 2.51. The first-order chi connectivity index (χ1) is 11.5. The van der Waals surface area contributed by atoms with Crippen molar-refractivity contribution in [1.29, 1.82) is 0 Å². The Morgan fingerprint density at radius 1 is 1.32 bits per heavy atom. The number of hydrogen-bond acceptors (Lipinski definition) is 5. The third kappa shape index (κ3) is 4.50. The molecule has 1 aliphatic rings. The highest BCUT2D eigenvalue weighted by atomic mass is 28.4. The lowest BCUT2D eigenvalue weighted by Gasteiger charge is -2.42. The molecule has 1 aliphatic heterocycles. The molecule has 0 N–H and O–H groups in total. The molecule has 5 nitrogen and oxygen atoms in total. The van der Waals surface area contributed by atoms with Gasteiger partial charge in [0.15, 0.2) is 0 Å². The highest BCUT2D eigenvalue weighted by molar-refractivity contribution is 6.74. The van der Waals surface area contributed by atoms with E-state index in [4.69, 9.17) is 14.1 Å². The van der Waals surface area contributed by atoms with Crippen molar-refractivity contribution >= 4 is 14.3 Å². The van der Waals surface area contributed by atoms with Gasteiger partial charge < -0.3 is 9.26 Å². The summed E-state index contributed by atoms with van der Waals surface area (Å²) in [5.41, 5.74) is 0.517. The molecule has 1 heterocycles. The fourth-order valence-electron chi connectivity index (χ4n) is 2.60. The molecule has 0 aliphatic carbocycles. The van der Waals surface area contributed by atoms with Gasteiger partial charge in [0.05, 0.1) is 19.1 Å². The maximum Gasteiger partial charge on any atom is 0.307 e. The Kier molecular flexibility index (Phi) is 5.78. The van der Waals surface area contributed by atoms with E-state index < -0.39 is 13.9 Å². The van der Waals surface area contributed by atoms with Gasteiger partial charge in [-0.3, -0.25) is 9.63 Å². The third-order valence-corrected chi connectivity index (χ3v) is 9.57. The van der Waals surface area contributed by atoms with Crippen LogP contribution in [0.1, 0.15) is 52.2 Å². The van der Waals surface area contributed by atoms with Crippen LogP contribution in [0.5, 0.6) is 0 Å². The number of methoxy groups -OCH3 is 1. The number of benzene rings is 1.